The second-order valence-corrected chi connectivity index (χ2v) is 5.02. The van der Waals surface area contributed by atoms with Crippen LogP contribution in [0.4, 0.5) is 0 Å². The molecule has 0 fully saturated rings. The summed E-state index contributed by atoms with van der Waals surface area (Å²) < 4.78 is 7.92. The minimum atomic E-state index is 0.240. The highest BCUT2D eigenvalue weighted by atomic mass is 79.9. The first-order valence-electron chi connectivity index (χ1n) is 6.11. The van der Waals surface area contributed by atoms with Crippen LogP contribution in [0.3, 0.4) is 0 Å². The molecule has 21 heavy (non-hydrogen) atoms. The number of nitrogens with zero attached hydrogens (tertiary/aromatic N) is 4. The molecule has 0 aliphatic carbocycles. The fraction of sp³-hybridized carbons (Fsp3) is 0. The first-order chi connectivity index (χ1) is 10.3. The summed E-state index contributed by atoms with van der Waals surface area (Å²) in [5.41, 5.74) is 1.45. The molecule has 0 N–H and O–H groups in total. The largest absolute Gasteiger partial charge is 0.422 e. The molecule has 2 aromatic carbocycles. The molecule has 0 unspecified atom stereocenters. The number of nitriles is 1. The number of para-hydroxylation sites is 1. The zero-order valence-electron chi connectivity index (χ0n) is 10.8. The van der Waals surface area contributed by atoms with Crippen LogP contribution < -0.4 is 4.74 Å². The Hall–Kier alpha value is -2.65. The Bertz CT molecular complexity index is 808. The molecule has 0 aliphatic heterocycles. The van der Waals surface area contributed by atoms with Crippen molar-refractivity contribution in [1.29, 1.82) is 5.26 Å². The molecule has 1 aromatic heterocycles. The molecule has 6 heteroatoms. The van der Waals surface area contributed by atoms with Gasteiger partial charge in [-0.3, -0.25) is 0 Å². The van der Waals surface area contributed by atoms with Crippen molar-refractivity contribution in [2.75, 3.05) is 0 Å². The summed E-state index contributed by atoms with van der Waals surface area (Å²) in [5.74, 6) is 0.555. The molecule has 0 amide bonds. The van der Waals surface area contributed by atoms with E-state index in [9.17, 15) is 0 Å². The Balaban J connectivity index is 1.84. The molecule has 0 radical (unpaired) electrons. The van der Waals surface area contributed by atoms with Gasteiger partial charge < -0.3 is 4.74 Å². The Morgan fingerprint density at radius 1 is 1.14 bits per heavy atom. The lowest BCUT2D eigenvalue weighted by Gasteiger charge is -2.03. The van der Waals surface area contributed by atoms with Gasteiger partial charge in [-0.25, -0.2) is 4.68 Å². The predicted octanol–water partition coefficient (Wildman–Crippen LogP) is 3.69. The average molecular weight is 341 g/mol. The van der Waals surface area contributed by atoms with Gasteiger partial charge in [0.05, 0.1) is 21.8 Å². The van der Waals surface area contributed by atoms with E-state index >= 15 is 0 Å². The normalized spacial score (nSPS) is 10.1. The summed E-state index contributed by atoms with van der Waals surface area (Å²) >= 11 is 3.36. The number of ether oxygens (including phenoxy) is 1. The van der Waals surface area contributed by atoms with Gasteiger partial charge >= 0.3 is 6.01 Å². The van der Waals surface area contributed by atoms with Crippen LogP contribution in [-0.2, 0) is 0 Å². The van der Waals surface area contributed by atoms with Crippen LogP contribution in [0, 0.1) is 11.3 Å². The third-order valence-electron chi connectivity index (χ3n) is 2.75. The topological polar surface area (TPSA) is 63.7 Å². The summed E-state index contributed by atoms with van der Waals surface area (Å²) in [7, 11) is 0. The van der Waals surface area contributed by atoms with Crippen molar-refractivity contribution >= 4 is 15.9 Å². The number of hydrogen-bond donors (Lipinski definition) is 0. The highest BCUT2D eigenvalue weighted by molar-refractivity contribution is 9.10. The van der Waals surface area contributed by atoms with E-state index in [1.165, 1.54) is 0 Å². The van der Waals surface area contributed by atoms with E-state index in [1.54, 1.807) is 29.2 Å². The van der Waals surface area contributed by atoms with E-state index in [2.05, 4.69) is 32.1 Å². The van der Waals surface area contributed by atoms with Crippen LogP contribution in [0.2, 0.25) is 0 Å². The summed E-state index contributed by atoms with van der Waals surface area (Å²) in [4.78, 5) is 4.12. The maximum Gasteiger partial charge on any atom is 0.341 e. The molecule has 1 heterocycles. The van der Waals surface area contributed by atoms with Crippen LogP contribution in [-0.4, -0.2) is 14.8 Å². The quantitative estimate of drug-likeness (QED) is 0.729. The number of rotatable bonds is 3. The smallest absolute Gasteiger partial charge is 0.341 e. The van der Waals surface area contributed by atoms with Crippen molar-refractivity contribution < 1.29 is 4.74 Å². The molecule has 5 nitrogen and oxygen atoms in total. The van der Waals surface area contributed by atoms with Crippen LogP contribution in [0.5, 0.6) is 11.8 Å². The Labute approximate surface area is 129 Å². The van der Waals surface area contributed by atoms with Crippen LogP contribution in [0.25, 0.3) is 5.69 Å². The summed E-state index contributed by atoms with van der Waals surface area (Å²) in [5, 5.41) is 13.1. The average Bonchev–Trinajstić information content (AvgIpc) is 2.99. The van der Waals surface area contributed by atoms with Gasteiger partial charge in [0.25, 0.3) is 0 Å². The molecule has 0 spiro atoms. The number of halogens is 1. The molecule has 3 aromatic rings. The van der Waals surface area contributed by atoms with Crippen LogP contribution >= 0.6 is 15.9 Å². The van der Waals surface area contributed by atoms with Gasteiger partial charge in [0.1, 0.15) is 12.1 Å². The lowest BCUT2D eigenvalue weighted by molar-refractivity contribution is 0.439. The van der Waals surface area contributed by atoms with E-state index in [-0.39, 0.29) is 6.01 Å². The van der Waals surface area contributed by atoms with Crippen molar-refractivity contribution in [1.82, 2.24) is 14.8 Å². The van der Waals surface area contributed by atoms with E-state index in [0.29, 0.717) is 15.8 Å². The first kappa shape index (κ1) is 13.3. The van der Waals surface area contributed by atoms with Gasteiger partial charge in [-0.05, 0) is 46.3 Å². The third-order valence-corrected chi connectivity index (χ3v) is 3.37. The van der Waals surface area contributed by atoms with Gasteiger partial charge in [-0.15, -0.1) is 5.10 Å². The monoisotopic (exact) mass is 340 g/mol. The van der Waals surface area contributed by atoms with Gasteiger partial charge in [-0.2, -0.15) is 10.2 Å². The molecule has 0 bridgehead atoms. The lowest BCUT2D eigenvalue weighted by atomic mass is 10.2. The number of benzene rings is 2. The second-order valence-electron chi connectivity index (χ2n) is 4.17. The SMILES string of the molecule is N#Cc1ccc(Oc2ncn(-c3ccccc3)n2)c(Br)c1. The fourth-order valence-corrected chi connectivity index (χ4v) is 2.21. The maximum absolute atomic E-state index is 8.83. The molecule has 0 saturated carbocycles. The second kappa shape index (κ2) is 5.77. The summed E-state index contributed by atoms with van der Waals surface area (Å²) in [6.07, 6.45) is 1.59. The Morgan fingerprint density at radius 3 is 2.67 bits per heavy atom. The van der Waals surface area contributed by atoms with E-state index < -0.39 is 0 Å². The highest BCUT2D eigenvalue weighted by Gasteiger charge is 2.08. The molecule has 0 atom stereocenters. The first-order valence-corrected chi connectivity index (χ1v) is 6.90. The molecular formula is C15H9BrN4O. The van der Waals surface area contributed by atoms with Crippen LogP contribution in [0.1, 0.15) is 5.56 Å². The number of aromatic nitrogens is 3. The molecule has 0 aliphatic rings. The minimum absolute atomic E-state index is 0.240. The summed E-state index contributed by atoms with van der Waals surface area (Å²) in [6, 6.07) is 17.0. The molecular weight excluding hydrogens is 332 g/mol. The zero-order chi connectivity index (χ0) is 14.7. The Morgan fingerprint density at radius 2 is 1.95 bits per heavy atom. The standard InChI is InChI=1S/C15H9BrN4O/c16-13-8-11(9-17)6-7-14(13)21-15-18-10-20(19-15)12-4-2-1-3-5-12/h1-8,10H. The van der Waals surface area contributed by atoms with Crippen molar-refractivity contribution in [2.45, 2.75) is 0 Å². The van der Waals surface area contributed by atoms with Gasteiger partial charge in [0.15, 0.2) is 0 Å². The van der Waals surface area contributed by atoms with E-state index in [0.717, 1.165) is 5.69 Å². The van der Waals surface area contributed by atoms with Crippen LogP contribution in [0.15, 0.2) is 59.3 Å². The fourth-order valence-electron chi connectivity index (χ4n) is 1.75. The van der Waals surface area contributed by atoms with Crippen molar-refractivity contribution in [3.05, 3.63) is 64.9 Å². The van der Waals surface area contributed by atoms with Crippen molar-refractivity contribution in [3.8, 4) is 23.5 Å². The summed E-state index contributed by atoms with van der Waals surface area (Å²) in [6.45, 7) is 0. The Kier molecular flexibility index (Phi) is 3.67. The molecule has 102 valence electrons. The molecule has 3 rings (SSSR count). The molecule has 0 saturated heterocycles. The maximum atomic E-state index is 8.83. The zero-order valence-corrected chi connectivity index (χ0v) is 12.4. The van der Waals surface area contributed by atoms with Crippen molar-refractivity contribution in [2.24, 2.45) is 0 Å². The predicted molar refractivity (Wildman–Crippen MR) is 80.3 cm³/mol. The van der Waals surface area contributed by atoms with Crippen molar-refractivity contribution in [3.63, 3.8) is 0 Å². The highest BCUT2D eigenvalue weighted by Crippen LogP contribution is 2.28. The van der Waals surface area contributed by atoms with E-state index in [4.69, 9.17) is 10.00 Å². The number of hydrogen-bond acceptors (Lipinski definition) is 4. The van der Waals surface area contributed by atoms with Gasteiger partial charge in [0, 0.05) is 0 Å². The minimum Gasteiger partial charge on any atom is -0.422 e. The van der Waals surface area contributed by atoms with E-state index in [1.807, 2.05) is 30.3 Å². The lowest BCUT2D eigenvalue weighted by Crippen LogP contribution is -1.94. The van der Waals surface area contributed by atoms with Gasteiger partial charge in [-0.1, -0.05) is 18.2 Å². The van der Waals surface area contributed by atoms with Gasteiger partial charge in [0.2, 0.25) is 0 Å². The third kappa shape index (κ3) is 2.93.